The minimum atomic E-state index is -0.0592. The van der Waals surface area contributed by atoms with Crippen LogP contribution in [0.25, 0.3) is 5.70 Å². The fraction of sp³-hybridized carbons (Fsp3) is 0.323. The van der Waals surface area contributed by atoms with Crippen molar-refractivity contribution in [2.24, 2.45) is 9.98 Å². The second-order valence-electron chi connectivity index (χ2n) is 7.78. The second kappa shape index (κ2) is 25.1. The number of aryl methyl sites for hydroxylation is 1. The summed E-state index contributed by atoms with van der Waals surface area (Å²) in [5.41, 5.74) is 6.48. The minimum absolute atomic E-state index is 0. The summed E-state index contributed by atoms with van der Waals surface area (Å²) in [6.45, 7) is 16.7. The van der Waals surface area contributed by atoms with Gasteiger partial charge in [0.05, 0.1) is 5.70 Å². The zero-order valence-corrected chi connectivity index (χ0v) is 27.4. The molecule has 2 N–H and O–H groups in total. The molecule has 2 aromatic carbocycles. The van der Waals surface area contributed by atoms with Gasteiger partial charge in [0.1, 0.15) is 0 Å². The van der Waals surface area contributed by atoms with Crippen molar-refractivity contribution in [3.63, 3.8) is 0 Å². The predicted molar refractivity (Wildman–Crippen MR) is 159 cm³/mol. The van der Waals surface area contributed by atoms with E-state index in [1.807, 2.05) is 71.3 Å². The van der Waals surface area contributed by atoms with E-state index >= 15 is 0 Å². The molecule has 6 nitrogen and oxygen atoms in total. The zero-order chi connectivity index (χ0) is 27.9. The Hall–Kier alpha value is -2.16. The molecule has 7 heteroatoms. The van der Waals surface area contributed by atoms with Crippen LogP contribution in [0.5, 0.6) is 0 Å². The van der Waals surface area contributed by atoms with Gasteiger partial charge in [-0.25, -0.2) is 0 Å². The Balaban J connectivity index is 0. The van der Waals surface area contributed by atoms with Crippen molar-refractivity contribution in [3.8, 4) is 0 Å². The van der Waals surface area contributed by atoms with Crippen LogP contribution in [0.4, 0.5) is 0 Å². The maximum atomic E-state index is 10.6. The van der Waals surface area contributed by atoms with Gasteiger partial charge in [-0.05, 0) is 50.8 Å². The molecule has 0 aliphatic heterocycles. The number of nitrogens with one attached hydrogen (secondary N) is 2. The molecule has 0 aliphatic carbocycles. The molecule has 0 saturated carbocycles. The van der Waals surface area contributed by atoms with Gasteiger partial charge in [0.25, 0.3) is 0 Å². The third kappa shape index (κ3) is 18.1. The van der Waals surface area contributed by atoms with E-state index in [2.05, 4.69) is 70.9 Å². The maximum Gasteiger partial charge on any atom is 1.00 e. The summed E-state index contributed by atoms with van der Waals surface area (Å²) < 4.78 is 0. The Labute approximate surface area is 272 Å². The topological polar surface area (TPSA) is 82.9 Å². The number of allylic oxidation sites excluding steroid dienone is 2. The summed E-state index contributed by atoms with van der Waals surface area (Å²) >= 11 is 0. The van der Waals surface area contributed by atoms with Gasteiger partial charge in [-0.15, -0.1) is 6.42 Å². The van der Waals surface area contributed by atoms with E-state index in [0.717, 1.165) is 34.5 Å². The number of hydrogen-bond acceptors (Lipinski definition) is 4. The normalized spacial score (nSPS) is 11.3. The molecular formula is C31H43KN4O2. The molecule has 200 valence electrons. The fourth-order valence-electron chi connectivity index (χ4n) is 2.76. The van der Waals surface area contributed by atoms with E-state index in [1.165, 1.54) is 5.56 Å². The molecule has 2 rings (SSSR count). The number of nitrogens with zero attached hydrogens (tertiary/aromatic N) is 2. The Morgan fingerprint density at radius 2 is 1.61 bits per heavy atom. The number of benzene rings is 2. The summed E-state index contributed by atoms with van der Waals surface area (Å²) in [6.07, 6.45) is 7.39. The first-order valence-corrected chi connectivity index (χ1v) is 12.7. The summed E-state index contributed by atoms with van der Waals surface area (Å²) in [7, 11) is 0. The first-order valence-electron chi connectivity index (χ1n) is 12.7. The molecule has 2 aromatic rings. The van der Waals surface area contributed by atoms with Crippen molar-refractivity contribution >= 4 is 29.9 Å². The molecule has 0 spiro atoms. The fourth-order valence-corrected chi connectivity index (χ4v) is 2.76. The maximum absolute atomic E-state index is 10.6. The minimum Gasteiger partial charge on any atom is -0.359 e. The Morgan fingerprint density at radius 1 is 0.974 bits per heavy atom. The van der Waals surface area contributed by atoms with Gasteiger partial charge in [-0.3, -0.25) is 19.6 Å². The quantitative estimate of drug-likeness (QED) is 0.150. The van der Waals surface area contributed by atoms with Crippen LogP contribution in [0, 0.1) is 13.8 Å². The van der Waals surface area contributed by atoms with Crippen LogP contribution in [0.2, 0.25) is 0 Å². The molecule has 0 aliphatic rings. The molecule has 0 atom stereocenters. The van der Waals surface area contributed by atoms with Crippen LogP contribution in [0.3, 0.4) is 0 Å². The van der Waals surface area contributed by atoms with Crippen LogP contribution in [-0.4, -0.2) is 37.3 Å². The SMILES string of the molecule is CC.C\C=C(/N=C\C(C)=C\N=C(C)c1ccc(C)cc1)c1ccccc1.[CH2-]CC(=O)NCCCNC=O.[K+]. The molecule has 0 aromatic heterocycles. The first kappa shape index (κ1) is 38.0. The van der Waals surface area contributed by atoms with E-state index in [-0.39, 0.29) is 63.7 Å². The Kier molecular flexibility index (Phi) is 25.1. The van der Waals surface area contributed by atoms with Crippen molar-refractivity contribution in [1.29, 1.82) is 0 Å². The molecule has 0 saturated heterocycles. The molecular weight excluding hydrogens is 499 g/mol. The van der Waals surface area contributed by atoms with Gasteiger partial charge in [-0.1, -0.05) is 80.1 Å². The van der Waals surface area contributed by atoms with Crippen molar-refractivity contribution in [2.75, 3.05) is 13.1 Å². The molecule has 0 fully saturated rings. The van der Waals surface area contributed by atoms with E-state index in [9.17, 15) is 9.59 Å². The molecule has 0 bridgehead atoms. The van der Waals surface area contributed by atoms with Gasteiger partial charge < -0.3 is 17.6 Å². The van der Waals surface area contributed by atoms with Crippen molar-refractivity contribution in [1.82, 2.24) is 10.6 Å². The van der Waals surface area contributed by atoms with E-state index in [0.29, 0.717) is 19.5 Å². The van der Waals surface area contributed by atoms with Crippen molar-refractivity contribution in [3.05, 3.63) is 96.1 Å². The average molecular weight is 543 g/mol. The number of rotatable bonds is 11. The van der Waals surface area contributed by atoms with Crippen LogP contribution >= 0.6 is 0 Å². The largest absolute Gasteiger partial charge is 1.00 e. The van der Waals surface area contributed by atoms with E-state index < -0.39 is 0 Å². The molecule has 38 heavy (non-hydrogen) atoms. The molecule has 0 radical (unpaired) electrons. The van der Waals surface area contributed by atoms with Crippen LogP contribution in [-0.2, 0) is 9.59 Å². The zero-order valence-electron chi connectivity index (χ0n) is 24.3. The average Bonchev–Trinajstić information content (AvgIpc) is 2.94. The Bertz CT molecular complexity index is 1030. The third-order valence-electron chi connectivity index (χ3n) is 4.81. The van der Waals surface area contributed by atoms with Crippen LogP contribution in [0.1, 0.15) is 64.2 Å². The van der Waals surface area contributed by atoms with Gasteiger partial charge in [-0.2, -0.15) is 0 Å². The van der Waals surface area contributed by atoms with Crippen LogP contribution < -0.4 is 62.0 Å². The second-order valence-corrected chi connectivity index (χ2v) is 7.78. The molecule has 2 amide bonds. The summed E-state index contributed by atoms with van der Waals surface area (Å²) in [5, 5.41) is 5.13. The monoisotopic (exact) mass is 542 g/mol. The number of amides is 2. The van der Waals surface area contributed by atoms with E-state index in [1.54, 1.807) is 0 Å². The number of carbonyl (C=O) groups excluding carboxylic acids is 2. The van der Waals surface area contributed by atoms with Gasteiger partial charge in [0.15, 0.2) is 5.91 Å². The third-order valence-corrected chi connectivity index (χ3v) is 4.81. The number of carbonyl (C=O) groups is 2. The molecule has 0 heterocycles. The van der Waals surface area contributed by atoms with Crippen LogP contribution in [0.15, 0.2) is 82.4 Å². The summed E-state index contributed by atoms with van der Waals surface area (Å²) in [5.74, 6) is -0.0592. The summed E-state index contributed by atoms with van der Waals surface area (Å²) in [4.78, 5) is 29.4. The van der Waals surface area contributed by atoms with Gasteiger partial charge in [0.2, 0.25) is 6.41 Å². The molecule has 0 unspecified atom stereocenters. The number of aliphatic imine (C=N–C) groups is 2. The Morgan fingerprint density at radius 3 is 2.16 bits per heavy atom. The van der Waals surface area contributed by atoms with Crippen molar-refractivity contribution in [2.45, 2.75) is 54.4 Å². The van der Waals surface area contributed by atoms with E-state index in [4.69, 9.17) is 0 Å². The standard InChI is InChI=1S/C22H24N2.C7H13N2O2.C2H6.K/c1-5-22(21-9-7-6-8-10-21)24-16-18(3)15-23-19(4)20-13-11-17(2)12-14-20;1-2-7(11)9-5-3-4-8-6-10;1-2;/h5-16H,1-4H3;6H,1-5H2,(H,8,10)(H,9,11);1-2H3;/q;-1;;+1/b18-15+,22-5-,23-19?,24-16-;;;. The van der Waals surface area contributed by atoms with Gasteiger partial charge >= 0.3 is 51.4 Å². The smallest absolute Gasteiger partial charge is 0.359 e. The summed E-state index contributed by atoms with van der Waals surface area (Å²) in [6, 6.07) is 18.6. The van der Waals surface area contributed by atoms with Gasteiger partial charge in [0, 0.05) is 31.2 Å². The number of hydrogen-bond donors (Lipinski definition) is 2. The predicted octanol–water partition coefficient (Wildman–Crippen LogP) is 3.33. The first-order chi connectivity index (χ1) is 17.9. The van der Waals surface area contributed by atoms with Crippen molar-refractivity contribution < 1.29 is 61.0 Å².